The van der Waals surface area contributed by atoms with Crippen molar-refractivity contribution >= 4 is 41.4 Å². The van der Waals surface area contributed by atoms with Gasteiger partial charge >= 0.3 is 6.18 Å². The summed E-state index contributed by atoms with van der Waals surface area (Å²) in [6.45, 7) is 0.413. The van der Waals surface area contributed by atoms with Crippen molar-refractivity contribution in [3.8, 4) is 17.3 Å². The summed E-state index contributed by atoms with van der Waals surface area (Å²) in [5.74, 6) is -0.388. The summed E-state index contributed by atoms with van der Waals surface area (Å²) in [7, 11) is 1.35. The number of nitrogens with zero attached hydrogens (tertiary/aromatic N) is 5. The second kappa shape index (κ2) is 10.1. The van der Waals surface area contributed by atoms with Crippen molar-refractivity contribution in [2.45, 2.75) is 24.7 Å². The Kier molecular flexibility index (Phi) is 7.75. The molecule has 0 radical (unpaired) electrons. The minimum Gasteiger partial charge on any atom is -0.494 e. The van der Waals surface area contributed by atoms with Crippen LogP contribution in [0.4, 0.5) is 17.6 Å². The third kappa shape index (κ3) is 4.86. The second-order valence-corrected chi connectivity index (χ2v) is 8.05. The topological polar surface area (TPSA) is 81.6 Å². The van der Waals surface area contributed by atoms with Crippen LogP contribution in [0.15, 0.2) is 42.6 Å². The second-order valence-electron chi connectivity index (χ2n) is 8.05. The van der Waals surface area contributed by atoms with Crippen molar-refractivity contribution in [3.05, 3.63) is 54.0 Å². The molecule has 4 aromatic rings. The molecular weight excluding hydrogens is 511 g/mol. The Labute approximate surface area is 210 Å². The lowest BCUT2D eigenvalue weighted by Crippen LogP contribution is -2.38. The lowest BCUT2D eigenvalue weighted by molar-refractivity contribution is -0.183. The quantitative estimate of drug-likeness (QED) is 0.387. The van der Waals surface area contributed by atoms with E-state index in [2.05, 4.69) is 15.2 Å². The number of hydrogen-bond acceptors (Lipinski definition) is 6. The third-order valence-electron chi connectivity index (χ3n) is 5.89. The van der Waals surface area contributed by atoms with Crippen LogP contribution in [0.5, 0.6) is 5.75 Å². The highest BCUT2D eigenvalue weighted by Crippen LogP contribution is 2.39. The number of nitrogens with two attached hydrogens (primary N) is 1. The van der Waals surface area contributed by atoms with Crippen LogP contribution in [0.3, 0.4) is 0 Å². The van der Waals surface area contributed by atoms with E-state index in [0.29, 0.717) is 17.5 Å². The first-order chi connectivity index (χ1) is 15.8. The van der Waals surface area contributed by atoms with Crippen molar-refractivity contribution in [3.63, 3.8) is 0 Å². The summed E-state index contributed by atoms with van der Waals surface area (Å²) in [6.07, 6.45) is -2.63. The van der Waals surface area contributed by atoms with E-state index in [0.717, 1.165) is 0 Å². The molecule has 1 unspecified atom stereocenters. The number of likely N-dealkylation sites (tertiary alicyclic amines) is 1. The molecule has 3 aromatic heterocycles. The minimum absolute atomic E-state index is 0. The lowest BCUT2D eigenvalue weighted by Gasteiger charge is -2.30. The first-order valence-electron chi connectivity index (χ1n) is 10.3. The summed E-state index contributed by atoms with van der Waals surface area (Å²) in [5, 5.41) is 8.69. The molecule has 2 atom stereocenters. The molecule has 1 aromatic carbocycles. The molecule has 13 heteroatoms. The van der Waals surface area contributed by atoms with Crippen LogP contribution in [0, 0.1) is 5.82 Å². The predicted octanol–water partition coefficient (Wildman–Crippen LogP) is 4.57. The normalized spacial score (nSPS) is 17.3. The first kappa shape index (κ1) is 26.9. The van der Waals surface area contributed by atoms with Gasteiger partial charge in [-0.05, 0) is 36.2 Å². The SMILES string of the molecule is COc1ccc2ccc(-c3nnc4ccc([C@@H](N5CCC(N)C5)C(F)(F)F)cn34)nc2c1F.Cl.Cl. The fraction of sp³-hybridized carbons (Fsp3) is 0.318. The molecule has 1 fully saturated rings. The van der Waals surface area contributed by atoms with Gasteiger partial charge in [-0.1, -0.05) is 12.1 Å². The van der Waals surface area contributed by atoms with E-state index in [4.69, 9.17) is 10.5 Å². The van der Waals surface area contributed by atoms with E-state index in [1.54, 1.807) is 18.2 Å². The average molecular weight is 533 g/mol. The Balaban J connectivity index is 0.00000171. The Morgan fingerprint density at radius 3 is 2.49 bits per heavy atom. The average Bonchev–Trinajstić information content (AvgIpc) is 3.39. The molecule has 4 heterocycles. The lowest BCUT2D eigenvalue weighted by atomic mass is 10.1. The monoisotopic (exact) mass is 532 g/mol. The number of fused-ring (bicyclic) bond motifs is 2. The summed E-state index contributed by atoms with van der Waals surface area (Å²) < 4.78 is 63.3. The molecule has 0 spiro atoms. The van der Waals surface area contributed by atoms with Gasteiger partial charge in [0.05, 0.1) is 7.11 Å². The van der Waals surface area contributed by atoms with Crippen LogP contribution in [-0.2, 0) is 0 Å². The standard InChI is InChI=1S/C22H20F4N6O.2ClH/c1-33-16-6-3-12-2-5-15(28-19(12)18(16)23)21-30-29-17-7-4-13(10-32(17)21)20(22(24,25)26)31-9-8-14(27)11-31;;/h2-7,10,14,20H,8-9,11,27H2,1H3;2*1H/t14?,20-;;/m1../s1. The van der Waals surface area contributed by atoms with Gasteiger partial charge in [0.15, 0.2) is 23.0 Å². The van der Waals surface area contributed by atoms with Crippen molar-refractivity contribution < 1.29 is 22.3 Å². The van der Waals surface area contributed by atoms with Gasteiger partial charge in [-0.25, -0.2) is 9.37 Å². The smallest absolute Gasteiger partial charge is 0.408 e. The molecule has 2 N–H and O–H groups in total. The number of ether oxygens (including phenoxy) is 1. The zero-order chi connectivity index (χ0) is 23.3. The van der Waals surface area contributed by atoms with Crippen LogP contribution in [0.25, 0.3) is 28.1 Å². The zero-order valence-corrected chi connectivity index (χ0v) is 20.0. The number of aromatic nitrogens is 4. The van der Waals surface area contributed by atoms with Crippen LogP contribution >= 0.6 is 24.8 Å². The van der Waals surface area contributed by atoms with Crippen molar-refractivity contribution in [1.82, 2.24) is 24.5 Å². The molecule has 0 aliphatic carbocycles. The number of rotatable bonds is 4. The molecule has 5 rings (SSSR count). The van der Waals surface area contributed by atoms with Gasteiger partial charge in [0, 0.05) is 30.7 Å². The van der Waals surface area contributed by atoms with Crippen molar-refractivity contribution in [2.24, 2.45) is 5.73 Å². The van der Waals surface area contributed by atoms with Crippen LogP contribution in [-0.4, -0.2) is 56.9 Å². The maximum atomic E-state index is 14.7. The highest BCUT2D eigenvalue weighted by molar-refractivity contribution is 5.85. The highest BCUT2D eigenvalue weighted by atomic mass is 35.5. The predicted molar refractivity (Wildman–Crippen MR) is 128 cm³/mol. The molecule has 35 heavy (non-hydrogen) atoms. The number of pyridine rings is 2. The van der Waals surface area contributed by atoms with E-state index in [1.165, 1.54) is 40.8 Å². The Morgan fingerprint density at radius 2 is 1.83 bits per heavy atom. The number of methoxy groups -OCH3 is 1. The number of alkyl halides is 3. The van der Waals surface area contributed by atoms with E-state index in [-0.39, 0.29) is 72.3 Å². The Bertz CT molecular complexity index is 1350. The van der Waals surface area contributed by atoms with Crippen LogP contribution in [0.1, 0.15) is 18.0 Å². The maximum Gasteiger partial charge on any atom is 0.408 e. The van der Waals surface area contributed by atoms with Gasteiger partial charge in [-0.3, -0.25) is 9.30 Å². The Hall–Kier alpha value is -2.73. The summed E-state index contributed by atoms with van der Waals surface area (Å²) in [5.41, 5.74) is 6.58. The number of hydrogen-bond donors (Lipinski definition) is 1. The summed E-state index contributed by atoms with van der Waals surface area (Å²) in [6, 6.07) is 7.23. The molecule has 1 saturated heterocycles. The molecule has 1 aliphatic rings. The summed E-state index contributed by atoms with van der Waals surface area (Å²) in [4.78, 5) is 5.70. The molecule has 1 aliphatic heterocycles. The van der Waals surface area contributed by atoms with Crippen molar-refractivity contribution in [2.75, 3.05) is 20.2 Å². The van der Waals surface area contributed by atoms with E-state index in [1.807, 2.05) is 0 Å². The van der Waals surface area contributed by atoms with Gasteiger partial charge < -0.3 is 10.5 Å². The van der Waals surface area contributed by atoms with Gasteiger partial charge in [-0.15, -0.1) is 35.0 Å². The fourth-order valence-electron chi connectivity index (χ4n) is 4.32. The van der Waals surface area contributed by atoms with Gasteiger partial charge in [-0.2, -0.15) is 13.2 Å². The summed E-state index contributed by atoms with van der Waals surface area (Å²) >= 11 is 0. The van der Waals surface area contributed by atoms with Gasteiger partial charge in [0.2, 0.25) is 0 Å². The molecule has 0 saturated carbocycles. The zero-order valence-electron chi connectivity index (χ0n) is 18.4. The largest absolute Gasteiger partial charge is 0.494 e. The van der Waals surface area contributed by atoms with Crippen LogP contribution in [0.2, 0.25) is 0 Å². The van der Waals surface area contributed by atoms with E-state index in [9.17, 15) is 17.6 Å². The first-order valence-corrected chi connectivity index (χ1v) is 10.3. The maximum absolute atomic E-state index is 14.7. The van der Waals surface area contributed by atoms with Gasteiger partial charge in [0.25, 0.3) is 0 Å². The fourth-order valence-corrected chi connectivity index (χ4v) is 4.32. The van der Waals surface area contributed by atoms with E-state index < -0.39 is 18.0 Å². The third-order valence-corrected chi connectivity index (χ3v) is 5.89. The highest BCUT2D eigenvalue weighted by Gasteiger charge is 2.46. The van der Waals surface area contributed by atoms with Crippen LogP contribution < -0.4 is 10.5 Å². The molecule has 7 nitrogen and oxygen atoms in total. The molecule has 0 amide bonds. The van der Waals surface area contributed by atoms with Crippen molar-refractivity contribution in [1.29, 1.82) is 0 Å². The van der Waals surface area contributed by atoms with E-state index >= 15 is 0 Å². The number of halogens is 6. The molecule has 188 valence electrons. The van der Waals surface area contributed by atoms with Gasteiger partial charge in [0.1, 0.15) is 17.3 Å². The minimum atomic E-state index is -4.49. The molecule has 0 bridgehead atoms. The molecular formula is C22H22Cl2F4N6O. The number of benzene rings is 1. The Morgan fingerprint density at radius 1 is 1.09 bits per heavy atom.